The average molecular weight is 364 g/mol. The summed E-state index contributed by atoms with van der Waals surface area (Å²) < 4.78 is 21.6. The maximum Gasteiger partial charge on any atom is 0.190 e. The van der Waals surface area contributed by atoms with E-state index in [2.05, 4.69) is 0 Å². The highest BCUT2D eigenvalue weighted by Crippen LogP contribution is 2.43. The highest BCUT2D eigenvalue weighted by molar-refractivity contribution is 5.01. The quantitative estimate of drug-likeness (QED) is 0.551. The summed E-state index contributed by atoms with van der Waals surface area (Å²) in [5.41, 5.74) is -2.28. The van der Waals surface area contributed by atoms with Crippen molar-refractivity contribution in [3.63, 3.8) is 0 Å². The average Bonchev–Trinajstić information content (AvgIpc) is 3.01. The zero-order chi connectivity index (χ0) is 19.2. The highest BCUT2D eigenvalue weighted by Gasteiger charge is 2.60. The number of hydrogen-bond donors (Lipinski definition) is 4. The number of rotatable bonds is 2. The van der Waals surface area contributed by atoms with Crippen molar-refractivity contribution >= 4 is 0 Å². The van der Waals surface area contributed by atoms with Crippen LogP contribution >= 0.6 is 0 Å². The third kappa shape index (κ3) is 3.86. The van der Waals surface area contributed by atoms with Crippen molar-refractivity contribution in [1.29, 1.82) is 0 Å². The van der Waals surface area contributed by atoms with E-state index in [4.69, 9.17) is 24.1 Å². The monoisotopic (exact) mass is 364 g/mol. The Labute approximate surface area is 148 Å². The molecule has 0 aromatic rings. The topological polar surface area (TPSA) is 118 Å². The maximum absolute atomic E-state index is 10.2. The van der Waals surface area contributed by atoms with E-state index in [9.17, 15) is 15.3 Å². The van der Waals surface area contributed by atoms with E-state index < -0.39 is 41.8 Å². The van der Waals surface area contributed by atoms with Crippen LogP contribution in [0.3, 0.4) is 0 Å². The summed E-state index contributed by atoms with van der Waals surface area (Å²) in [5, 5.41) is 38.0. The fourth-order valence-electron chi connectivity index (χ4n) is 3.59. The van der Waals surface area contributed by atoms with E-state index in [1.807, 2.05) is 27.7 Å². The Bertz CT molecular complexity index is 464. The van der Waals surface area contributed by atoms with Gasteiger partial charge in [-0.25, -0.2) is 0 Å². The van der Waals surface area contributed by atoms with Crippen LogP contribution in [0.5, 0.6) is 0 Å². The Balaban J connectivity index is 0.000000186. The Hall–Kier alpha value is -0.320. The lowest BCUT2D eigenvalue weighted by molar-refractivity contribution is -0.227. The molecule has 0 aromatic heterocycles. The van der Waals surface area contributed by atoms with Gasteiger partial charge < -0.3 is 39.4 Å². The van der Waals surface area contributed by atoms with Gasteiger partial charge in [0.2, 0.25) is 0 Å². The van der Waals surface area contributed by atoms with E-state index in [1.54, 1.807) is 6.92 Å². The summed E-state index contributed by atoms with van der Waals surface area (Å²) >= 11 is 0. The number of aliphatic hydroxyl groups excluding tert-OH is 2. The molecule has 8 heteroatoms. The summed E-state index contributed by atoms with van der Waals surface area (Å²) in [6, 6.07) is 0. The summed E-state index contributed by atoms with van der Waals surface area (Å²) in [5.74, 6) is -0.655. The molecule has 0 bridgehead atoms. The molecule has 25 heavy (non-hydrogen) atoms. The second kappa shape index (κ2) is 7.01. The maximum atomic E-state index is 10.2. The molecule has 3 aliphatic heterocycles. The van der Waals surface area contributed by atoms with Gasteiger partial charge in [-0.15, -0.1) is 0 Å². The normalized spacial score (nSPS) is 51.1. The molecule has 0 saturated carbocycles. The fourth-order valence-corrected chi connectivity index (χ4v) is 3.59. The molecule has 0 radical (unpaired) electrons. The Morgan fingerprint density at radius 2 is 1.32 bits per heavy atom. The number of hydrogen-bond acceptors (Lipinski definition) is 8. The molecule has 0 aliphatic carbocycles. The van der Waals surface area contributed by atoms with E-state index >= 15 is 0 Å². The van der Waals surface area contributed by atoms with Gasteiger partial charge in [0.05, 0.1) is 12.2 Å². The zero-order valence-corrected chi connectivity index (χ0v) is 15.8. The van der Waals surface area contributed by atoms with Crippen LogP contribution in [0, 0.1) is 0 Å². The highest BCUT2D eigenvalue weighted by atomic mass is 16.8. The first-order valence-corrected chi connectivity index (χ1v) is 8.84. The molecular formula is C17H32O8. The van der Waals surface area contributed by atoms with Crippen molar-refractivity contribution in [2.24, 2.45) is 0 Å². The van der Waals surface area contributed by atoms with Crippen LogP contribution in [-0.2, 0) is 18.9 Å². The van der Waals surface area contributed by atoms with Gasteiger partial charge in [-0.2, -0.15) is 0 Å². The fraction of sp³-hybridized carbons (Fsp3) is 1.00. The second-order valence-electron chi connectivity index (χ2n) is 7.78. The van der Waals surface area contributed by atoms with Crippen molar-refractivity contribution in [2.45, 2.75) is 108 Å². The first kappa shape index (κ1) is 21.0. The number of ether oxygens (including phenoxy) is 4. The van der Waals surface area contributed by atoms with Gasteiger partial charge in [-0.05, 0) is 40.5 Å². The summed E-state index contributed by atoms with van der Waals surface area (Å²) in [6.07, 6.45) is -2.61. The molecule has 0 unspecified atom stereocenters. The van der Waals surface area contributed by atoms with Crippen LogP contribution in [0.25, 0.3) is 0 Å². The third-order valence-electron chi connectivity index (χ3n) is 5.15. The van der Waals surface area contributed by atoms with Gasteiger partial charge >= 0.3 is 0 Å². The van der Waals surface area contributed by atoms with Crippen LogP contribution in [-0.4, -0.2) is 74.4 Å². The Morgan fingerprint density at radius 3 is 1.68 bits per heavy atom. The summed E-state index contributed by atoms with van der Waals surface area (Å²) in [7, 11) is 0. The van der Waals surface area contributed by atoms with Crippen LogP contribution in [0.4, 0.5) is 0 Å². The SMILES string of the molecule is CC[C@H]1O[C@@H]2OC(C)(C)O[C@@H]2[C@]1(C)O.CC[C@H]1O[C@H](O)[C@H](O)[C@]1(C)O. The second-order valence-corrected chi connectivity index (χ2v) is 7.78. The van der Waals surface area contributed by atoms with Crippen molar-refractivity contribution in [3.05, 3.63) is 0 Å². The van der Waals surface area contributed by atoms with Gasteiger partial charge in [0.15, 0.2) is 18.4 Å². The molecule has 0 aromatic carbocycles. The predicted molar refractivity (Wildman–Crippen MR) is 87.4 cm³/mol. The number of aliphatic hydroxyl groups is 4. The Morgan fingerprint density at radius 1 is 0.800 bits per heavy atom. The van der Waals surface area contributed by atoms with E-state index in [-0.39, 0.29) is 12.2 Å². The van der Waals surface area contributed by atoms with E-state index in [0.29, 0.717) is 6.42 Å². The molecule has 3 rings (SSSR count). The smallest absolute Gasteiger partial charge is 0.190 e. The van der Waals surface area contributed by atoms with Gasteiger partial charge in [-0.3, -0.25) is 0 Å². The molecule has 3 heterocycles. The van der Waals surface area contributed by atoms with Crippen molar-refractivity contribution in [1.82, 2.24) is 0 Å². The molecular weight excluding hydrogens is 332 g/mol. The molecule has 0 amide bonds. The van der Waals surface area contributed by atoms with E-state index in [1.165, 1.54) is 6.92 Å². The van der Waals surface area contributed by atoms with Crippen LogP contribution in [0.2, 0.25) is 0 Å². The minimum absolute atomic E-state index is 0.200. The first-order valence-electron chi connectivity index (χ1n) is 8.84. The molecule has 3 fully saturated rings. The summed E-state index contributed by atoms with van der Waals surface area (Å²) in [6.45, 7) is 10.7. The van der Waals surface area contributed by atoms with Crippen molar-refractivity contribution in [3.8, 4) is 0 Å². The minimum atomic E-state index is -1.33. The Kier molecular flexibility index (Phi) is 5.89. The van der Waals surface area contributed by atoms with Crippen molar-refractivity contribution < 1.29 is 39.4 Å². The molecule has 0 spiro atoms. The lowest BCUT2D eigenvalue weighted by Crippen LogP contribution is -2.45. The minimum Gasteiger partial charge on any atom is -0.385 e. The molecule has 3 saturated heterocycles. The molecule has 8 nitrogen and oxygen atoms in total. The van der Waals surface area contributed by atoms with Gasteiger partial charge in [0, 0.05) is 0 Å². The summed E-state index contributed by atoms with van der Waals surface area (Å²) in [4.78, 5) is 0. The standard InChI is InChI=1S/C10H18O4.C7H14O4/c1-5-6-10(4,11)7-8(12-6)14-9(2,3)13-7;1-3-4-7(2,10)5(8)6(9)11-4/h6-8,11H,5H2,1-4H3;4-6,8-10H,3H2,1-2H3/t6-,7+,8-,10-;4-,5+,6+,7-/m11/s1. The zero-order valence-electron chi connectivity index (χ0n) is 15.8. The van der Waals surface area contributed by atoms with Crippen LogP contribution in [0.1, 0.15) is 54.4 Å². The predicted octanol–water partition coefficient (Wildman–Crippen LogP) is 0.249. The van der Waals surface area contributed by atoms with E-state index in [0.717, 1.165) is 6.42 Å². The van der Waals surface area contributed by atoms with Gasteiger partial charge in [-0.1, -0.05) is 13.8 Å². The first-order chi connectivity index (χ1) is 11.4. The molecule has 4 N–H and O–H groups in total. The van der Waals surface area contributed by atoms with Crippen LogP contribution in [0.15, 0.2) is 0 Å². The largest absolute Gasteiger partial charge is 0.385 e. The molecule has 148 valence electrons. The number of fused-ring (bicyclic) bond motifs is 1. The lowest BCUT2D eigenvalue weighted by Gasteiger charge is -2.29. The van der Waals surface area contributed by atoms with Crippen molar-refractivity contribution in [2.75, 3.05) is 0 Å². The van der Waals surface area contributed by atoms with Gasteiger partial charge in [0.25, 0.3) is 0 Å². The third-order valence-corrected chi connectivity index (χ3v) is 5.15. The van der Waals surface area contributed by atoms with Gasteiger partial charge in [0.1, 0.15) is 23.4 Å². The lowest BCUT2D eigenvalue weighted by atomic mass is 9.93. The molecule has 3 aliphatic rings. The van der Waals surface area contributed by atoms with Crippen LogP contribution < -0.4 is 0 Å². The molecule has 8 atom stereocenters.